The van der Waals surface area contributed by atoms with Crippen molar-refractivity contribution in [2.24, 2.45) is 17.8 Å². The Morgan fingerprint density at radius 2 is 2.11 bits per heavy atom. The van der Waals surface area contributed by atoms with Crippen molar-refractivity contribution >= 4 is 22.4 Å². The van der Waals surface area contributed by atoms with Crippen LogP contribution in [0.3, 0.4) is 0 Å². The van der Waals surface area contributed by atoms with Crippen LogP contribution in [0.25, 0.3) is 0 Å². The van der Waals surface area contributed by atoms with Gasteiger partial charge < -0.3 is 5.32 Å². The van der Waals surface area contributed by atoms with E-state index in [2.05, 4.69) is 15.5 Å². The Bertz CT molecular complexity index is 497. The zero-order chi connectivity index (χ0) is 12.8. The molecule has 4 nitrogen and oxygen atoms in total. The lowest BCUT2D eigenvalue weighted by Crippen LogP contribution is -2.20. The maximum atomic E-state index is 12.1. The first-order chi connectivity index (χ1) is 9.28. The first-order valence-corrected chi connectivity index (χ1v) is 8.23. The summed E-state index contributed by atoms with van der Waals surface area (Å²) in [5.74, 6) is 3.09. The van der Waals surface area contributed by atoms with Crippen molar-refractivity contribution in [3.63, 3.8) is 0 Å². The largest absolute Gasteiger partial charge is 0.301 e. The Hall–Kier alpha value is -0.970. The lowest BCUT2D eigenvalue weighted by Gasteiger charge is -2.20. The van der Waals surface area contributed by atoms with Gasteiger partial charge in [-0.2, -0.15) is 0 Å². The normalized spacial score (nSPS) is 32.7. The molecular weight excluding hydrogens is 258 g/mol. The van der Waals surface area contributed by atoms with Gasteiger partial charge in [-0.05, 0) is 49.9 Å². The lowest BCUT2D eigenvalue weighted by molar-refractivity contribution is -0.117. The molecule has 1 heterocycles. The molecule has 3 aliphatic rings. The van der Waals surface area contributed by atoms with Gasteiger partial charge in [0.15, 0.2) is 0 Å². The fourth-order valence-corrected chi connectivity index (χ4v) is 4.74. The van der Waals surface area contributed by atoms with Crippen LogP contribution in [0.15, 0.2) is 0 Å². The molecule has 0 aliphatic heterocycles. The van der Waals surface area contributed by atoms with Crippen molar-refractivity contribution in [2.45, 2.75) is 50.9 Å². The summed E-state index contributed by atoms with van der Waals surface area (Å²) >= 11 is 1.55. The minimum absolute atomic E-state index is 0.135. The molecule has 1 amide bonds. The number of hydrogen-bond donors (Lipinski definition) is 1. The standard InChI is InChI=1S/C14H19N3OS/c18-12(7-11-6-8-1-2-10(11)5-8)15-14-17-16-13(19-14)9-3-4-9/h8-11H,1-7H2,(H,15,17,18)/t8-,10-,11+/m1/s1. The summed E-state index contributed by atoms with van der Waals surface area (Å²) in [4.78, 5) is 12.1. The Morgan fingerprint density at radius 1 is 1.21 bits per heavy atom. The summed E-state index contributed by atoms with van der Waals surface area (Å²) < 4.78 is 0. The summed E-state index contributed by atoms with van der Waals surface area (Å²) in [6.07, 6.45) is 8.50. The van der Waals surface area contributed by atoms with Gasteiger partial charge in [0, 0.05) is 12.3 Å². The molecule has 0 saturated heterocycles. The van der Waals surface area contributed by atoms with Crippen LogP contribution in [-0.4, -0.2) is 16.1 Å². The van der Waals surface area contributed by atoms with Crippen molar-refractivity contribution in [3.05, 3.63) is 5.01 Å². The third-order valence-corrected chi connectivity index (χ3v) is 5.95. The van der Waals surface area contributed by atoms with E-state index >= 15 is 0 Å². The third-order valence-electron chi connectivity index (χ3n) is 4.95. The van der Waals surface area contributed by atoms with Gasteiger partial charge in [0.05, 0.1) is 0 Å². The van der Waals surface area contributed by atoms with E-state index in [4.69, 9.17) is 0 Å². The van der Waals surface area contributed by atoms with E-state index in [0.29, 0.717) is 23.4 Å². The summed E-state index contributed by atoms with van der Waals surface area (Å²) in [5.41, 5.74) is 0. The Morgan fingerprint density at radius 3 is 2.79 bits per heavy atom. The second-order valence-corrected chi connectivity index (χ2v) is 7.42. The SMILES string of the molecule is O=C(C[C@@H]1C[C@@H]2CC[C@@H]1C2)Nc1nnc(C2CC2)s1. The molecule has 3 fully saturated rings. The monoisotopic (exact) mass is 277 g/mol. The van der Waals surface area contributed by atoms with Crippen molar-refractivity contribution in [1.82, 2.24) is 10.2 Å². The summed E-state index contributed by atoms with van der Waals surface area (Å²) in [5, 5.41) is 13.0. The third kappa shape index (κ3) is 2.40. The van der Waals surface area contributed by atoms with Gasteiger partial charge >= 0.3 is 0 Å². The van der Waals surface area contributed by atoms with Gasteiger partial charge in [-0.1, -0.05) is 17.8 Å². The zero-order valence-electron chi connectivity index (χ0n) is 11.0. The maximum absolute atomic E-state index is 12.1. The van der Waals surface area contributed by atoms with Gasteiger partial charge in [0.1, 0.15) is 5.01 Å². The molecule has 1 aromatic heterocycles. The van der Waals surface area contributed by atoms with Crippen LogP contribution in [0.2, 0.25) is 0 Å². The number of nitrogens with one attached hydrogen (secondary N) is 1. The van der Waals surface area contributed by atoms with E-state index in [9.17, 15) is 4.79 Å². The predicted molar refractivity (Wildman–Crippen MR) is 74.1 cm³/mol. The summed E-state index contributed by atoms with van der Waals surface area (Å²) in [6, 6.07) is 0. The highest BCUT2D eigenvalue weighted by Crippen LogP contribution is 2.49. The first kappa shape index (κ1) is 11.8. The maximum Gasteiger partial charge on any atom is 0.226 e. The highest BCUT2D eigenvalue weighted by Gasteiger charge is 2.40. The Kier molecular flexibility index (Phi) is 2.83. The van der Waals surface area contributed by atoms with Crippen LogP contribution in [0.4, 0.5) is 5.13 Å². The Balaban J connectivity index is 1.33. The predicted octanol–water partition coefficient (Wildman–Crippen LogP) is 3.18. The molecular formula is C14H19N3OS. The van der Waals surface area contributed by atoms with Gasteiger partial charge in [-0.3, -0.25) is 4.79 Å². The molecule has 0 radical (unpaired) electrons. The molecule has 102 valence electrons. The van der Waals surface area contributed by atoms with E-state index < -0.39 is 0 Å². The second-order valence-electron chi connectivity index (χ2n) is 6.41. The topological polar surface area (TPSA) is 54.9 Å². The minimum atomic E-state index is 0.135. The van der Waals surface area contributed by atoms with Crippen molar-refractivity contribution in [1.29, 1.82) is 0 Å². The number of carbonyl (C=O) groups excluding carboxylic acids is 1. The van der Waals surface area contributed by atoms with Crippen molar-refractivity contribution in [3.8, 4) is 0 Å². The van der Waals surface area contributed by atoms with Gasteiger partial charge in [0.25, 0.3) is 0 Å². The van der Waals surface area contributed by atoms with Crippen LogP contribution >= 0.6 is 11.3 Å². The molecule has 4 rings (SSSR count). The van der Waals surface area contributed by atoms with Gasteiger partial charge in [-0.15, -0.1) is 10.2 Å². The highest BCUT2D eigenvalue weighted by atomic mass is 32.1. The number of nitrogens with zero attached hydrogens (tertiary/aromatic N) is 2. The molecule has 0 unspecified atom stereocenters. The molecule has 0 spiro atoms. The van der Waals surface area contributed by atoms with Crippen molar-refractivity contribution < 1.29 is 4.79 Å². The molecule has 3 saturated carbocycles. The number of anilines is 1. The van der Waals surface area contributed by atoms with E-state index in [1.54, 1.807) is 11.3 Å². The molecule has 5 heteroatoms. The van der Waals surface area contributed by atoms with Crippen LogP contribution in [0, 0.1) is 17.8 Å². The summed E-state index contributed by atoms with van der Waals surface area (Å²) in [6.45, 7) is 0. The smallest absolute Gasteiger partial charge is 0.226 e. The number of aromatic nitrogens is 2. The Labute approximate surface area is 117 Å². The average Bonchev–Trinajstić information content (AvgIpc) is 2.83. The molecule has 19 heavy (non-hydrogen) atoms. The number of hydrogen-bond acceptors (Lipinski definition) is 4. The molecule has 3 aliphatic carbocycles. The zero-order valence-corrected chi connectivity index (χ0v) is 11.8. The fraction of sp³-hybridized carbons (Fsp3) is 0.786. The minimum Gasteiger partial charge on any atom is -0.301 e. The molecule has 1 N–H and O–H groups in total. The number of amides is 1. The molecule has 0 aromatic carbocycles. The van der Waals surface area contributed by atoms with E-state index in [-0.39, 0.29) is 5.91 Å². The van der Waals surface area contributed by atoms with Crippen molar-refractivity contribution in [2.75, 3.05) is 5.32 Å². The van der Waals surface area contributed by atoms with Crippen LogP contribution in [0.5, 0.6) is 0 Å². The fourth-order valence-electron chi connectivity index (χ4n) is 3.82. The van der Waals surface area contributed by atoms with Crippen LogP contribution in [-0.2, 0) is 4.79 Å². The van der Waals surface area contributed by atoms with Gasteiger partial charge in [-0.25, -0.2) is 0 Å². The summed E-state index contributed by atoms with van der Waals surface area (Å²) in [7, 11) is 0. The van der Waals surface area contributed by atoms with Crippen LogP contribution < -0.4 is 5.32 Å². The lowest BCUT2D eigenvalue weighted by atomic mass is 9.86. The number of rotatable bonds is 4. The molecule has 3 atom stereocenters. The number of fused-ring (bicyclic) bond motifs is 2. The van der Waals surface area contributed by atoms with E-state index in [0.717, 1.165) is 16.8 Å². The number of carbonyl (C=O) groups is 1. The van der Waals surface area contributed by atoms with Crippen LogP contribution in [0.1, 0.15) is 55.9 Å². The van der Waals surface area contributed by atoms with E-state index in [1.165, 1.54) is 38.5 Å². The molecule has 1 aromatic rings. The van der Waals surface area contributed by atoms with Gasteiger partial charge in [0.2, 0.25) is 11.0 Å². The second kappa shape index (κ2) is 4.54. The quantitative estimate of drug-likeness (QED) is 0.919. The average molecular weight is 277 g/mol. The van der Waals surface area contributed by atoms with E-state index in [1.807, 2.05) is 0 Å². The molecule has 2 bridgehead atoms. The first-order valence-electron chi connectivity index (χ1n) is 7.41. The highest BCUT2D eigenvalue weighted by molar-refractivity contribution is 7.15.